The van der Waals surface area contributed by atoms with Crippen LogP contribution in [-0.2, 0) is 9.59 Å². The van der Waals surface area contributed by atoms with Crippen LogP contribution < -0.4 is 5.32 Å². The van der Waals surface area contributed by atoms with E-state index in [0.29, 0.717) is 24.3 Å². The number of para-hydroxylation sites is 1. The molecule has 148 valence electrons. The van der Waals surface area contributed by atoms with Crippen molar-refractivity contribution in [2.24, 2.45) is 5.92 Å². The van der Waals surface area contributed by atoms with Crippen LogP contribution in [0.5, 0.6) is 0 Å². The minimum Gasteiger partial charge on any atom is -0.340 e. The normalized spacial score (nSPS) is 18.2. The number of hydrogen-bond donors (Lipinski definition) is 1. The number of rotatable bonds is 6. The summed E-state index contributed by atoms with van der Waals surface area (Å²) in [7, 11) is 0. The second-order valence-corrected chi connectivity index (χ2v) is 8.54. The van der Waals surface area contributed by atoms with Gasteiger partial charge in [0.05, 0.1) is 6.54 Å². The van der Waals surface area contributed by atoms with Crippen LogP contribution in [0.25, 0.3) is 0 Å². The molecule has 0 atom stereocenters. The van der Waals surface area contributed by atoms with E-state index in [4.69, 9.17) is 0 Å². The predicted molar refractivity (Wildman–Crippen MR) is 109 cm³/mol. The zero-order valence-corrected chi connectivity index (χ0v) is 17.1. The molecule has 1 aliphatic heterocycles. The molecule has 1 aliphatic carbocycles. The van der Waals surface area contributed by atoms with Crippen molar-refractivity contribution in [3.8, 4) is 0 Å². The fourth-order valence-corrected chi connectivity index (χ4v) is 3.79. The van der Waals surface area contributed by atoms with Crippen molar-refractivity contribution in [1.29, 1.82) is 0 Å². The number of anilines is 1. The minimum absolute atomic E-state index is 0.0342. The number of carbonyl (C=O) groups is 2. The second-order valence-electron chi connectivity index (χ2n) is 8.54. The third kappa shape index (κ3) is 4.89. The molecule has 0 bridgehead atoms. The molecule has 0 aromatic heterocycles. The summed E-state index contributed by atoms with van der Waals surface area (Å²) in [5.74, 6) is 1.34. The Morgan fingerprint density at radius 2 is 1.56 bits per heavy atom. The fraction of sp³-hybridized carbons (Fsp3) is 0.636. The van der Waals surface area contributed by atoms with Crippen LogP contribution in [0.1, 0.15) is 63.5 Å². The zero-order chi connectivity index (χ0) is 19.6. The van der Waals surface area contributed by atoms with Crippen LogP contribution in [0, 0.1) is 5.92 Å². The van der Waals surface area contributed by atoms with Gasteiger partial charge in [0.25, 0.3) is 0 Å². The van der Waals surface area contributed by atoms with Gasteiger partial charge >= 0.3 is 0 Å². The lowest BCUT2D eigenvalue weighted by Gasteiger charge is -2.34. The van der Waals surface area contributed by atoms with Gasteiger partial charge in [-0.15, -0.1) is 0 Å². The van der Waals surface area contributed by atoms with Crippen molar-refractivity contribution >= 4 is 17.5 Å². The smallest absolute Gasteiger partial charge is 0.238 e. The van der Waals surface area contributed by atoms with Gasteiger partial charge in [0.1, 0.15) is 0 Å². The Balaban J connectivity index is 1.59. The summed E-state index contributed by atoms with van der Waals surface area (Å²) in [5.41, 5.74) is 3.36. The maximum Gasteiger partial charge on any atom is 0.238 e. The van der Waals surface area contributed by atoms with Gasteiger partial charge in [0.15, 0.2) is 0 Å². The highest BCUT2D eigenvalue weighted by atomic mass is 16.2. The Labute approximate surface area is 163 Å². The standard InChI is InChI=1S/C22H33N3O2/c1-15(2)18-6-5-7-19(16(3)4)21(18)23-20(26)14-24-10-12-25(13-11-24)22(27)17-8-9-17/h5-7,15-17H,8-14H2,1-4H3,(H,23,26). The molecular formula is C22H33N3O2. The highest BCUT2D eigenvalue weighted by Gasteiger charge is 2.34. The molecule has 3 rings (SSSR count). The first-order valence-corrected chi connectivity index (χ1v) is 10.3. The lowest BCUT2D eigenvalue weighted by Crippen LogP contribution is -2.50. The molecule has 1 saturated carbocycles. The Bertz CT molecular complexity index is 661. The molecule has 1 aromatic carbocycles. The van der Waals surface area contributed by atoms with Crippen LogP contribution in [0.15, 0.2) is 18.2 Å². The Morgan fingerprint density at radius 3 is 2.04 bits per heavy atom. The molecule has 0 radical (unpaired) electrons. The maximum atomic E-state index is 12.7. The topological polar surface area (TPSA) is 52.7 Å². The summed E-state index contributed by atoms with van der Waals surface area (Å²) in [4.78, 5) is 29.0. The van der Waals surface area contributed by atoms with Crippen LogP contribution in [0.3, 0.4) is 0 Å². The molecule has 0 spiro atoms. The van der Waals surface area contributed by atoms with E-state index < -0.39 is 0 Å². The van der Waals surface area contributed by atoms with E-state index in [1.807, 2.05) is 4.90 Å². The van der Waals surface area contributed by atoms with E-state index in [1.165, 1.54) is 11.1 Å². The van der Waals surface area contributed by atoms with Gasteiger partial charge in [0.2, 0.25) is 11.8 Å². The molecule has 1 heterocycles. The predicted octanol–water partition coefficient (Wildman–Crippen LogP) is 3.43. The van der Waals surface area contributed by atoms with E-state index in [-0.39, 0.29) is 11.8 Å². The third-order valence-corrected chi connectivity index (χ3v) is 5.62. The van der Waals surface area contributed by atoms with Gasteiger partial charge in [-0.1, -0.05) is 45.9 Å². The van der Waals surface area contributed by atoms with Crippen molar-refractivity contribution in [2.45, 2.75) is 52.4 Å². The summed E-state index contributed by atoms with van der Waals surface area (Å²) in [5, 5.41) is 3.19. The Morgan fingerprint density at radius 1 is 1.00 bits per heavy atom. The van der Waals surface area contributed by atoms with E-state index in [9.17, 15) is 9.59 Å². The molecule has 1 saturated heterocycles. The average Bonchev–Trinajstić information content (AvgIpc) is 3.46. The number of hydrogen-bond acceptors (Lipinski definition) is 3. The zero-order valence-electron chi connectivity index (χ0n) is 17.1. The van der Waals surface area contributed by atoms with Gasteiger partial charge < -0.3 is 10.2 Å². The first kappa shape index (κ1) is 19.9. The molecule has 2 amide bonds. The number of piperazine rings is 1. The number of nitrogens with zero attached hydrogens (tertiary/aromatic N) is 2. The quantitative estimate of drug-likeness (QED) is 0.834. The molecule has 5 heteroatoms. The molecule has 1 aromatic rings. The summed E-state index contributed by atoms with van der Waals surface area (Å²) < 4.78 is 0. The summed E-state index contributed by atoms with van der Waals surface area (Å²) in [6.45, 7) is 12.0. The molecule has 1 N–H and O–H groups in total. The van der Waals surface area contributed by atoms with Crippen molar-refractivity contribution < 1.29 is 9.59 Å². The van der Waals surface area contributed by atoms with Crippen molar-refractivity contribution in [1.82, 2.24) is 9.80 Å². The lowest BCUT2D eigenvalue weighted by atomic mass is 9.92. The molecule has 5 nitrogen and oxygen atoms in total. The number of benzene rings is 1. The summed E-state index contributed by atoms with van der Waals surface area (Å²) >= 11 is 0. The van der Waals surface area contributed by atoms with Gasteiger partial charge in [-0.2, -0.15) is 0 Å². The van der Waals surface area contributed by atoms with Gasteiger partial charge in [-0.3, -0.25) is 14.5 Å². The number of nitrogens with one attached hydrogen (secondary N) is 1. The average molecular weight is 372 g/mol. The highest BCUT2D eigenvalue weighted by molar-refractivity contribution is 5.94. The summed E-state index contributed by atoms with van der Waals surface area (Å²) in [6.07, 6.45) is 2.10. The van der Waals surface area contributed by atoms with Crippen LogP contribution in [-0.4, -0.2) is 54.3 Å². The van der Waals surface area contributed by atoms with Gasteiger partial charge in [-0.05, 0) is 35.8 Å². The Hall–Kier alpha value is -1.88. The highest BCUT2D eigenvalue weighted by Crippen LogP contribution is 2.33. The molecule has 2 aliphatic rings. The number of amides is 2. The van der Waals surface area contributed by atoms with Gasteiger partial charge in [0, 0.05) is 37.8 Å². The maximum absolute atomic E-state index is 12.7. The first-order chi connectivity index (χ1) is 12.9. The molecular weight excluding hydrogens is 338 g/mol. The molecule has 2 fully saturated rings. The molecule has 27 heavy (non-hydrogen) atoms. The van der Waals surface area contributed by atoms with Gasteiger partial charge in [-0.25, -0.2) is 0 Å². The van der Waals surface area contributed by atoms with E-state index in [1.54, 1.807) is 0 Å². The number of carbonyl (C=O) groups excluding carboxylic acids is 2. The lowest BCUT2D eigenvalue weighted by molar-refractivity contribution is -0.134. The fourth-order valence-electron chi connectivity index (χ4n) is 3.79. The van der Waals surface area contributed by atoms with Crippen LogP contribution >= 0.6 is 0 Å². The van der Waals surface area contributed by atoms with Crippen molar-refractivity contribution in [2.75, 3.05) is 38.0 Å². The summed E-state index contributed by atoms with van der Waals surface area (Å²) in [6, 6.07) is 6.29. The van der Waals surface area contributed by atoms with E-state index >= 15 is 0 Å². The van der Waals surface area contributed by atoms with Crippen LogP contribution in [0.2, 0.25) is 0 Å². The minimum atomic E-state index is 0.0342. The Kier molecular flexibility index (Phi) is 6.20. The monoisotopic (exact) mass is 371 g/mol. The van der Waals surface area contributed by atoms with Crippen LogP contribution in [0.4, 0.5) is 5.69 Å². The largest absolute Gasteiger partial charge is 0.340 e. The second kappa shape index (κ2) is 8.42. The SMILES string of the molecule is CC(C)c1cccc(C(C)C)c1NC(=O)CN1CCN(C(=O)C2CC2)CC1. The van der Waals surface area contributed by atoms with E-state index in [2.05, 4.69) is 56.1 Å². The first-order valence-electron chi connectivity index (χ1n) is 10.3. The van der Waals surface area contributed by atoms with Crippen molar-refractivity contribution in [3.05, 3.63) is 29.3 Å². The molecule has 0 unspecified atom stereocenters. The van der Waals surface area contributed by atoms with E-state index in [0.717, 1.165) is 44.7 Å². The van der Waals surface area contributed by atoms with Crippen molar-refractivity contribution in [3.63, 3.8) is 0 Å². The third-order valence-electron chi connectivity index (χ3n) is 5.62.